The average molecular weight is 340 g/mol. The highest BCUT2D eigenvalue weighted by Gasteiger charge is 2.19. The summed E-state index contributed by atoms with van der Waals surface area (Å²) < 4.78 is 5.39. The Hall–Kier alpha value is -0.850. The molecular weight excluding hydrogens is 302 g/mol. The number of piperidine rings is 1. The quantitative estimate of drug-likeness (QED) is 0.395. The van der Waals surface area contributed by atoms with Crippen molar-refractivity contribution >= 4 is 5.96 Å². The van der Waals surface area contributed by atoms with Crippen molar-refractivity contribution in [2.45, 2.75) is 45.6 Å². The molecule has 0 aromatic heterocycles. The van der Waals surface area contributed by atoms with Gasteiger partial charge in [-0.2, -0.15) is 0 Å². The van der Waals surface area contributed by atoms with Crippen molar-refractivity contribution in [3.8, 4) is 0 Å². The molecule has 2 rings (SSSR count). The zero-order chi connectivity index (χ0) is 17.0. The molecule has 0 saturated carbocycles. The molecule has 140 valence electrons. The van der Waals surface area contributed by atoms with Crippen LogP contribution in [0, 0.1) is 0 Å². The molecule has 0 aromatic carbocycles. The first kappa shape index (κ1) is 19.5. The molecule has 2 heterocycles. The summed E-state index contributed by atoms with van der Waals surface area (Å²) in [4.78, 5) is 9.82. The second-order valence-electron chi connectivity index (χ2n) is 6.83. The van der Waals surface area contributed by atoms with E-state index in [1.54, 1.807) is 0 Å². The van der Waals surface area contributed by atoms with Gasteiger partial charge >= 0.3 is 0 Å². The summed E-state index contributed by atoms with van der Waals surface area (Å²) in [5, 5.41) is 7.03. The lowest BCUT2D eigenvalue weighted by Crippen LogP contribution is -2.48. The summed E-state index contributed by atoms with van der Waals surface area (Å²) >= 11 is 0. The van der Waals surface area contributed by atoms with Gasteiger partial charge in [0.15, 0.2) is 5.96 Å². The molecule has 2 saturated heterocycles. The van der Waals surface area contributed by atoms with Crippen LogP contribution in [0.2, 0.25) is 0 Å². The van der Waals surface area contributed by atoms with E-state index in [9.17, 15) is 0 Å². The fourth-order valence-electron chi connectivity index (χ4n) is 3.44. The van der Waals surface area contributed by atoms with Crippen LogP contribution >= 0.6 is 0 Å². The van der Waals surface area contributed by atoms with Crippen molar-refractivity contribution in [3.05, 3.63) is 0 Å². The van der Waals surface area contributed by atoms with Crippen molar-refractivity contribution in [3.63, 3.8) is 0 Å². The Morgan fingerprint density at radius 2 is 1.75 bits per heavy atom. The van der Waals surface area contributed by atoms with E-state index in [2.05, 4.69) is 34.3 Å². The number of rotatable bonds is 8. The van der Waals surface area contributed by atoms with Crippen LogP contribution < -0.4 is 10.6 Å². The minimum absolute atomic E-state index is 0.565. The van der Waals surface area contributed by atoms with Crippen molar-refractivity contribution in [1.82, 2.24) is 20.4 Å². The van der Waals surface area contributed by atoms with Gasteiger partial charge in [0.1, 0.15) is 0 Å². The number of guanidine groups is 1. The maximum Gasteiger partial charge on any atom is 0.191 e. The van der Waals surface area contributed by atoms with Gasteiger partial charge in [-0.15, -0.1) is 0 Å². The van der Waals surface area contributed by atoms with Crippen molar-refractivity contribution in [1.29, 1.82) is 0 Å². The van der Waals surface area contributed by atoms with Crippen LogP contribution in [0.15, 0.2) is 4.99 Å². The Morgan fingerprint density at radius 3 is 2.42 bits per heavy atom. The largest absolute Gasteiger partial charge is 0.379 e. The van der Waals surface area contributed by atoms with Gasteiger partial charge in [0.25, 0.3) is 0 Å². The fraction of sp³-hybridized carbons (Fsp3) is 0.944. The summed E-state index contributed by atoms with van der Waals surface area (Å²) in [7, 11) is 0. The maximum atomic E-state index is 5.39. The average Bonchev–Trinajstić information content (AvgIpc) is 2.61. The van der Waals surface area contributed by atoms with Crippen LogP contribution in [0.4, 0.5) is 0 Å². The predicted octanol–water partition coefficient (Wildman–Crippen LogP) is 1.14. The number of hydrogen-bond acceptors (Lipinski definition) is 4. The molecule has 2 aliphatic heterocycles. The molecule has 0 unspecified atom stereocenters. The van der Waals surface area contributed by atoms with Gasteiger partial charge in [0, 0.05) is 51.9 Å². The number of nitrogens with zero attached hydrogens (tertiary/aromatic N) is 3. The Labute approximate surface area is 148 Å². The molecule has 0 amide bonds. The lowest BCUT2D eigenvalue weighted by atomic mass is 10.1. The summed E-state index contributed by atoms with van der Waals surface area (Å²) in [6.07, 6.45) is 4.81. The van der Waals surface area contributed by atoms with Crippen molar-refractivity contribution in [2.24, 2.45) is 4.99 Å². The third-order valence-corrected chi connectivity index (χ3v) is 4.82. The molecule has 2 aliphatic rings. The van der Waals surface area contributed by atoms with Gasteiger partial charge in [0.2, 0.25) is 0 Å². The highest BCUT2D eigenvalue weighted by atomic mass is 16.5. The first-order chi connectivity index (χ1) is 11.8. The Balaban J connectivity index is 1.66. The fourth-order valence-corrected chi connectivity index (χ4v) is 3.44. The minimum Gasteiger partial charge on any atom is -0.379 e. The Morgan fingerprint density at radius 1 is 1.04 bits per heavy atom. The van der Waals surface area contributed by atoms with Crippen LogP contribution in [0.1, 0.15) is 39.5 Å². The summed E-state index contributed by atoms with van der Waals surface area (Å²) in [6, 6.07) is 0.565. The number of likely N-dealkylation sites (tertiary alicyclic amines) is 1. The van der Waals surface area contributed by atoms with Crippen molar-refractivity contribution < 1.29 is 4.74 Å². The normalized spacial score (nSPS) is 21.8. The predicted molar refractivity (Wildman–Crippen MR) is 101 cm³/mol. The molecular formula is C18H37N5O. The van der Waals surface area contributed by atoms with E-state index in [0.717, 1.165) is 58.3 Å². The second-order valence-corrected chi connectivity index (χ2v) is 6.83. The maximum absolute atomic E-state index is 5.39. The molecule has 0 bridgehead atoms. The molecule has 6 nitrogen and oxygen atoms in total. The topological polar surface area (TPSA) is 52.1 Å². The Bertz CT molecular complexity index is 349. The van der Waals surface area contributed by atoms with Crippen LogP contribution in [0.3, 0.4) is 0 Å². The highest BCUT2D eigenvalue weighted by Crippen LogP contribution is 2.10. The summed E-state index contributed by atoms with van der Waals surface area (Å²) in [5.41, 5.74) is 0. The van der Waals surface area contributed by atoms with Crippen LogP contribution in [-0.4, -0.2) is 87.4 Å². The smallest absolute Gasteiger partial charge is 0.191 e. The summed E-state index contributed by atoms with van der Waals surface area (Å²) in [6.45, 7) is 14.9. The molecule has 0 aromatic rings. The van der Waals surface area contributed by atoms with E-state index < -0.39 is 0 Å². The molecule has 0 aliphatic carbocycles. The first-order valence-corrected chi connectivity index (χ1v) is 9.89. The molecule has 0 atom stereocenters. The van der Waals surface area contributed by atoms with Gasteiger partial charge in [-0.05, 0) is 39.2 Å². The SMILES string of the molecule is CCCN1CCC(NC(=NCCCN2CCOCC2)NCC)CC1. The molecule has 2 fully saturated rings. The van der Waals surface area contributed by atoms with E-state index in [1.807, 2.05) is 0 Å². The zero-order valence-electron chi connectivity index (χ0n) is 15.7. The van der Waals surface area contributed by atoms with E-state index in [0.29, 0.717) is 6.04 Å². The van der Waals surface area contributed by atoms with Gasteiger partial charge in [-0.3, -0.25) is 9.89 Å². The zero-order valence-corrected chi connectivity index (χ0v) is 15.7. The van der Waals surface area contributed by atoms with E-state index in [4.69, 9.17) is 9.73 Å². The summed E-state index contributed by atoms with van der Waals surface area (Å²) in [5.74, 6) is 0.994. The number of aliphatic imine (C=N–C) groups is 1. The van der Waals surface area contributed by atoms with Gasteiger partial charge in [0.05, 0.1) is 13.2 Å². The van der Waals surface area contributed by atoms with Gasteiger partial charge in [-0.1, -0.05) is 6.92 Å². The molecule has 0 radical (unpaired) electrons. The third-order valence-electron chi connectivity index (χ3n) is 4.82. The lowest BCUT2D eigenvalue weighted by molar-refractivity contribution is 0.0377. The van der Waals surface area contributed by atoms with Crippen LogP contribution in [-0.2, 0) is 4.74 Å². The highest BCUT2D eigenvalue weighted by molar-refractivity contribution is 5.80. The van der Waals surface area contributed by atoms with Gasteiger partial charge < -0.3 is 20.3 Å². The van der Waals surface area contributed by atoms with E-state index in [1.165, 1.54) is 38.9 Å². The molecule has 2 N–H and O–H groups in total. The molecule has 24 heavy (non-hydrogen) atoms. The van der Waals surface area contributed by atoms with Gasteiger partial charge in [-0.25, -0.2) is 0 Å². The third kappa shape index (κ3) is 7.36. The first-order valence-electron chi connectivity index (χ1n) is 9.89. The minimum atomic E-state index is 0.565. The van der Waals surface area contributed by atoms with E-state index >= 15 is 0 Å². The lowest BCUT2D eigenvalue weighted by Gasteiger charge is -2.32. The second kappa shape index (κ2) is 11.7. The van der Waals surface area contributed by atoms with E-state index in [-0.39, 0.29) is 0 Å². The van der Waals surface area contributed by atoms with Crippen LogP contribution in [0.25, 0.3) is 0 Å². The number of nitrogens with one attached hydrogen (secondary N) is 2. The molecule has 0 spiro atoms. The molecule has 6 heteroatoms. The number of ether oxygens (including phenoxy) is 1. The van der Waals surface area contributed by atoms with Crippen LogP contribution in [0.5, 0.6) is 0 Å². The monoisotopic (exact) mass is 339 g/mol. The number of morpholine rings is 1. The standard InChI is InChI=1S/C18H37N5O/c1-3-9-22-11-6-17(7-12-22)21-18(19-4-2)20-8-5-10-23-13-15-24-16-14-23/h17H,3-16H2,1-2H3,(H2,19,20,21). The Kier molecular flexibility index (Phi) is 9.46. The number of hydrogen-bond donors (Lipinski definition) is 2. The van der Waals surface area contributed by atoms with Crippen molar-refractivity contribution in [2.75, 3.05) is 65.6 Å².